The van der Waals surface area contributed by atoms with E-state index in [0.717, 1.165) is 25.3 Å². The fourth-order valence-electron chi connectivity index (χ4n) is 5.77. The zero-order valence-electron chi connectivity index (χ0n) is 26.0. The Bertz CT molecular complexity index is 1280. The number of carbonyl (C=O) groups is 2. The fourth-order valence-corrected chi connectivity index (χ4v) is 5.77. The van der Waals surface area contributed by atoms with Crippen LogP contribution >= 0.6 is 0 Å². The summed E-state index contributed by atoms with van der Waals surface area (Å²) in [4.78, 5) is 25.3. The Kier molecular flexibility index (Phi) is 12.1. The Labute approximate surface area is 263 Å². The van der Waals surface area contributed by atoms with Crippen molar-refractivity contribution in [2.45, 2.75) is 121 Å². The topological polar surface area (TPSA) is 172 Å². The maximum atomic E-state index is 13.0. The monoisotopic (exact) mass is 630 g/mol. The predicted octanol–water partition coefficient (Wildman–Crippen LogP) is 4.63. The van der Waals surface area contributed by atoms with Crippen molar-refractivity contribution in [1.82, 2.24) is 0 Å². The molecule has 6 atom stereocenters. The van der Waals surface area contributed by atoms with E-state index in [1.807, 2.05) is 0 Å². The SMILES string of the molecule is CCCCCCCCCCCC(=O)OC[C@H]1O[C@H](Oc2cc(O)c3c(c2)OC(C)(c2ccc(O)cc2)CC3=O)[C@H](O)[C@@H](O)[C@@H]1O. The molecule has 0 saturated carbocycles. The van der Waals surface area contributed by atoms with Crippen LogP contribution in [-0.2, 0) is 19.9 Å². The zero-order chi connectivity index (χ0) is 32.6. The van der Waals surface area contributed by atoms with Crippen LogP contribution in [0.5, 0.6) is 23.0 Å². The minimum absolute atomic E-state index is 0.0315. The molecule has 2 aliphatic rings. The molecule has 11 heteroatoms. The minimum Gasteiger partial charge on any atom is -0.508 e. The van der Waals surface area contributed by atoms with Crippen molar-refractivity contribution >= 4 is 11.8 Å². The van der Waals surface area contributed by atoms with E-state index >= 15 is 0 Å². The molecule has 0 bridgehead atoms. The average molecular weight is 631 g/mol. The molecule has 2 aromatic carbocycles. The molecule has 0 spiro atoms. The number of carbonyl (C=O) groups excluding carboxylic acids is 2. The normalized spacial score (nSPS) is 26.2. The van der Waals surface area contributed by atoms with Gasteiger partial charge >= 0.3 is 5.97 Å². The molecule has 1 fully saturated rings. The number of unbranched alkanes of at least 4 members (excludes halogenated alkanes) is 8. The molecular weight excluding hydrogens is 584 g/mol. The van der Waals surface area contributed by atoms with Crippen LogP contribution in [-0.4, -0.2) is 74.6 Å². The van der Waals surface area contributed by atoms with Crippen molar-refractivity contribution in [1.29, 1.82) is 0 Å². The van der Waals surface area contributed by atoms with E-state index in [4.69, 9.17) is 18.9 Å². The second-order valence-electron chi connectivity index (χ2n) is 12.2. The highest BCUT2D eigenvalue weighted by molar-refractivity contribution is 6.03. The number of fused-ring (bicyclic) bond motifs is 1. The molecule has 2 aromatic rings. The predicted molar refractivity (Wildman–Crippen MR) is 163 cm³/mol. The molecular formula is C34H46O11. The lowest BCUT2D eigenvalue weighted by atomic mass is 9.85. The molecule has 0 aliphatic carbocycles. The molecule has 0 radical (unpaired) electrons. The number of phenols is 2. The van der Waals surface area contributed by atoms with Crippen LogP contribution in [0.15, 0.2) is 36.4 Å². The van der Waals surface area contributed by atoms with Gasteiger partial charge in [0, 0.05) is 18.6 Å². The van der Waals surface area contributed by atoms with Crippen LogP contribution in [0, 0.1) is 0 Å². The lowest BCUT2D eigenvalue weighted by Crippen LogP contribution is -2.60. The largest absolute Gasteiger partial charge is 0.508 e. The summed E-state index contributed by atoms with van der Waals surface area (Å²) in [6.45, 7) is 3.54. The number of aliphatic hydroxyl groups excluding tert-OH is 3. The molecule has 11 nitrogen and oxygen atoms in total. The lowest BCUT2D eigenvalue weighted by molar-refractivity contribution is -0.278. The van der Waals surface area contributed by atoms with Gasteiger partial charge in [-0.2, -0.15) is 0 Å². The third kappa shape index (κ3) is 8.88. The number of benzene rings is 2. The van der Waals surface area contributed by atoms with Crippen LogP contribution in [0.4, 0.5) is 0 Å². The van der Waals surface area contributed by atoms with Gasteiger partial charge < -0.3 is 44.5 Å². The summed E-state index contributed by atoms with van der Waals surface area (Å²) in [5.74, 6) is -1.18. The van der Waals surface area contributed by atoms with Gasteiger partial charge in [-0.1, -0.05) is 70.4 Å². The van der Waals surface area contributed by atoms with Gasteiger partial charge in [0.25, 0.3) is 0 Å². The van der Waals surface area contributed by atoms with E-state index in [1.54, 1.807) is 19.1 Å². The number of rotatable bonds is 15. The summed E-state index contributed by atoms with van der Waals surface area (Å²) < 4.78 is 22.9. The minimum atomic E-state index is -1.68. The number of ether oxygens (including phenoxy) is 4. The number of Topliss-reactive ketones (excluding diaryl/α,β-unsaturated/α-hetero) is 1. The summed E-state index contributed by atoms with van der Waals surface area (Å²) in [6.07, 6.45) is 2.56. The Morgan fingerprint density at radius 3 is 2.22 bits per heavy atom. The summed E-state index contributed by atoms with van der Waals surface area (Å²) >= 11 is 0. The molecule has 2 heterocycles. The molecule has 2 aliphatic heterocycles. The summed E-state index contributed by atoms with van der Waals surface area (Å²) in [5, 5.41) is 51.9. The summed E-state index contributed by atoms with van der Waals surface area (Å²) in [5.41, 5.74) is -0.507. The third-order valence-corrected chi connectivity index (χ3v) is 8.46. The Hall–Kier alpha value is -3.38. The van der Waals surface area contributed by atoms with E-state index < -0.39 is 48.0 Å². The lowest BCUT2D eigenvalue weighted by Gasteiger charge is -2.40. The van der Waals surface area contributed by atoms with Gasteiger partial charge in [-0.15, -0.1) is 0 Å². The zero-order valence-corrected chi connectivity index (χ0v) is 26.0. The summed E-state index contributed by atoms with van der Waals surface area (Å²) in [6, 6.07) is 8.75. The van der Waals surface area contributed by atoms with Gasteiger partial charge in [-0.3, -0.25) is 9.59 Å². The number of esters is 1. The highest BCUT2D eigenvalue weighted by Gasteiger charge is 2.46. The van der Waals surface area contributed by atoms with Crippen LogP contribution in [0.25, 0.3) is 0 Å². The van der Waals surface area contributed by atoms with E-state index in [2.05, 4.69) is 6.92 Å². The van der Waals surface area contributed by atoms with E-state index in [0.29, 0.717) is 12.0 Å². The Morgan fingerprint density at radius 2 is 1.56 bits per heavy atom. The van der Waals surface area contributed by atoms with Gasteiger partial charge in [-0.25, -0.2) is 0 Å². The number of aromatic hydroxyl groups is 2. The quantitative estimate of drug-likeness (QED) is 0.137. The number of hydrogen-bond donors (Lipinski definition) is 5. The second kappa shape index (κ2) is 15.8. The molecule has 1 unspecified atom stereocenters. The molecule has 4 rings (SSSR count). The average Bonchev–Trinajstić information content (AvgIpc) is 2.99. The van der Waals surface area contributed by atoms with Gasteiger partial charge in [0.1, 0.15) is 65.2 Å². The maximum absolute atomic E-state index is 13.0. The molecule has 248 valence electrons. The first kappa shape index (κ1) is 34.5. The number of aliphatic hydroxyl groups is 3. The Morgan fingerprint density at radius 1 is 0.911 bits per heavy atom. The highest BCUT2D eigenvalue weighted by atomic mass is 16.7. The van der Waals surface area contributed by atoms with Gasteiger partial charge in [0.2, 0.25) is 6.29 Å². The van der Waals surface area contributed by atoms with E-state index in [-0.39, 0.29) is 48.0 Å². The third-order valence-electron chi connectivity index (χ3n) is 8.46. The smallest absolute Gasteiger partial charge is 0.305 e. The standard InChI is InChI=1S/C34H46O11/c1-3-4-5-6-7-8-9-10-11-12-28(38)42-20-27-30(39)31(40)32(41)33(44-27)43-23-17-24(36)29-25(37)19-34(2,45-26(29)18-23)21-13-15-22(35)16-14-21/h13-18,27,30-33,35-36,39-41H,3-12,19-20H2,1-2H3/t27-,30-,31+,32-,33+,34?/m1/s1. The van der Waals surface area contributed by atoms with Crippen molar-refractivity contribution in [2.24, 2.45) is 0 Å². The van der Waals surface area contributed by atoms with E-state index in [1.165, 1.54) is 50.3 Å². The van der Waals surface area contributed by atoms with Gasteiger partial charge in [0.05, 0.1) is 6.42 Å². The van der Waals surface area contributed by atoms with Crippen LogP contribution < -0.4 is 9.47 Å². The molecule has 5 N–H and O–H groups in total. The van der Waals surface area contributed by atoms with E-state index in [9.17, 15) is 35.1 Å². The van der Waals surface area contributed by atoms with Crippen LogP contribution in [0.2, 0.25) is 0 Å². The molecule has 45 heavy (non-hydrogen) atoms. The number of hydrogen-bond acceptors (Lipinski definition) is 11. The molecule has 1 saturated heterocycles. The second-order valence-corrected chi connectivity index (χ2v) is 12.2. The fraction of sp³-hybridized carbons (Fsp3) is 0.588. The summed E-state index contributed by atoms with van der Waals surface area (Å²) in [7, 11) is 0. The van der Waals surface area contributed by atoms with Gasteiger partial charge in [0.15, 0.2) is 5.78 Å². The molecule has 0 amide bonds. The van der Waals surface area contributed by atoms with Gasteiger partial charge in [-0.05, 0) is 31.0 Å². The first-order chi connectivity index (χ1) is 21.5. The van der Waals surface area contributed by atoms with Crippen molar-refractivity contribution in [3.8, 4) is 23.0 Å². The first-order valence-corrected chi connectivity index (χ1v) is 15.9. The van der Waals surface area contributed by atoms with Crippen molar-refractivity contribution < 1.29 is 54.1 Å². The number of phenolic OH excluding ortho intramolecular Hbond substituents is 2. The van der Waals surface area contributed by atoms with Crippen molar-refractivity contribution in [2.75, 3.05) is 6.61 Å². The van der Waals surface area contributed by atoms with Crippen LogP contribution in [0.1, 0.15) is 100 Å². The maximum Gasteiger partial charge on any atom is 0.305 e. The van der Waals surface area contributed by atoms with Crippen LogP contribution in [0.3, 0.4) is 0 Å². The highest BCUT2D eigenvalue weighted by Crippen LogP contribution is 2.45. The molecule has 0 aromatic heterocycles. The first-order valence-electron chi connectivity index (χ1n) is 15.9. The Balaban J connectivity index is 1.33. The number of ketones is 1. The van der Waals surface area contributed by atoms with Crippen molar-refractivity contribution in [3.63, 3.8) is 0 Å². The van der Waals surface area contributed by atoms with Crippen molar-refractivity contribution in [3.05, 3.63) is 47.5 Å².